The van der Waals surface area contributed by atoms with Gasteiger partial charge in [-0.2, -0.15) is 0 Å². The van der Waals surface area contributed by atoms with Gasteiger partial charge in [0.25, 0.3) is 0 Å². The Labute approximate surface area is 104 Å². The normalized spacial score (nSPS) is 10.9. The molecule has 0 amide bonds. The molecule has 0 aromatic carbocycles. The summed E-state index contributed by atoms with van der Waals surface area (Å²) in [6.07, 6.45) is 1.10. The number of nitrogens with two attached hydrogens (primary N) is 1. The van der Waals surface area contributed by atoms with Crippen molar-refractivity contribution in [1.29, 1.82) is 0 Å². The van der Waals surface area contributed by atoms with E-state index in [1.54, 1.807) is 0 Å². The zero-order valence-corrected chi connectivity index (χ0v) is 11.5. The van der Waals surface area contributed by atoms with E-state index in [0.717, 1.165) is 36.7 Å². The molecule has 0 bridgehead atoms. The standard InChI is InChI=1S/C12H23N5/c1-9-11(13)14-10(2)15-12(9)17(5)8-6-7-16(3)4/h6-8H2,1-5H3,(H2,13,14,15). The van der Waals surface area contributed by atoms with Crippen LogP contribution >= 0.6 is 0 Å². The second-order valence-electron chi connectivity index (χ2n) is 4.68. The van der Waals surface area contributed by atoms with Gasteiger partial charge in [0.2, 0.25) is 0 Å². The highest BCUT2D eigenvalue weighted by atomic mass is 15.2. The van der Waals surface area contributed by atoms with Crippen molar-refractivity contribution in [3.8, 4) is 0 Å². The average molecular weight is 237 g/mol. The molecule has 0 saturated heterocycles. The SMILES string of the molecule is Cc1nc(N)c(C)c(N(C)CCCN(C)C)n1. The van der Waals surface area contributed by atoms with Crippen LogP contribution in [0.4, 0.5) is 11.6 Å². The van der Waals surface area contributed by atoms with Gasteiger partial charge in [-0.15, -0.1) is 0 Å². The fourth-order valence-electron chi connectivity index (χ4n) is 1.74. The zero-order chi connectivity index (χ0) is 13.0. The Balaban J connectivity index is 2.71. The number of rotatable bonds is 5. The van der Waals surface area contributed by atoms with Crippen molar-refractivity contribution < 1.29 is 0 Å². The quantitative estimate of drug-likeness (QED) is 0.830. The zero-order valence-electron chi connectivity index (χ0n) is 11.5. The van der Waals surface area contributed by atoms with E-state index in [1.165, 1.54) is 0 Å². The Morgan fingerprint density at radius 2 is 1.71 bits per heavy atom. The molecule has 0 saturated carbocycles. The van der Waals surface area contributed by atoms with E-state index in [0.29, 0.717) is 5.82 Å². The second kappa shape index (κ2) is 5.82. The first kappa shape index (κ1) is 13.7. The first-order valence-corrected chi connectivity index (χ1v) is 5.88. The third-order valence-corrected chi connectivity index (χ3v) is 2.73. The molecule has 1 aromatic heterocycles. The van der Waals surface area contributed by atoms with E-state index >= 15 is 0 Å². The van der Waals surface area contributed by atoms with Crippen molar-refractivity contribution in [2.45, 2.75) is 20.3 Å². The van der Waals surface area contributed by atoms with Crippen LogP contribution in [-0.2, 0) is 0 Å². The summed E-state index contributed by atoms with van der Waals surface area (Å²) in [4.78, 5) is 12.9. The number of anilines is 2. The van der Waals surface area contributed by atoms with Gasteiger partial charge in [-0.1, -0.05) is 0 Å². The maximum absolute atomic E-state index is 5.85. The van der Waals surface area contributed by atoms with Crippen molar-refractivity contribution in [2.75, 3.05) is 44.9 Å². The lowest BCUT2D eigenvalue weighted by atomic mass is 10.2. The molecule has 0 atom stereocenters. The molecule has 96 valence electrons. The topological polar surface area (TPSA) is 58.3 Å². The summed E-state index contributed by atoms with van der Waals surface area (Å²) in [6, 6.07) is 0. The molecule has 0 unspecified atom stereocenters. The Hall–Kier alpha value is -1.36. The average Bonchev–Trinajstić information content (AvgIpc) is 2.22. The lowest BCUT2D eigenvalue weighted by molar-refractivity contribution is 0.401. The summed E-state index contributed by atoms with van der Waals surface area (Å²) in [6.45, 7) is 5.87. The monoisotopic (exact) mass is 237 g/mol. The molecular formula is C12H23N5. The van der Waals surface area contributed by atoms with Gasteiger partial charge < -0.3 is 15.5 Å². The first-order valence-electron chi connectivity index (χ1n) is 5.88. The minimum Gasteiger partial charge on any atom is -0.383 e. The molecule has 17 heavy (non-hydrogen) atoms. The van der Waals surface area contributed by atoms with E-state index in [-0.39, 0.29) is 0 Å². The second-order valence-corrected chi connectivity index (χ2v) is 4.68. The van der Waals surface area contributed by atoms with Crippen molar-refractivity contribution in [3.05, 3.63) is 11.4 Å². The van der Waals surface area contributed by atoms with E-state index in [4.69, 9.17) is 5.73 Å². The first-order chi connectivity index (χ1) is 7.91. The van der Waals surface area contributed by atoms with Crippen molar-refractivity contribution in [1.82, 2.24) is 14.9 Å². The minimum absolute atomic E-state index is 0.576. The highest BCUT2D eigenvalue weighted by molar-refractivity contribution is 5.55. The maximum Gasteiger partial charge on any atom is 0.137 e. The van der Waals surface area contributed by atoms with Crippen molar-refractivity contribution in [2.24, 2.45) is 0 Å². The van der Waals surface area contributed by atoms with Gasteiger partial charge in [0.15, 0.2) is 0 Å². The Morgan fingerprint density at radius 1 is 1.06 bits per heavy atom. The van der Waals surface area contributed by atoms with E-state index in [1.807, 2.05) is 20.9 Å². The lowest BCUT2D eigenvalue weighted by Crippen LogP contribution is -2.25. The van der Waals surface area contributed by atoms with Gasteiger partial charge in [0.1, 0.15) is 17.5 Å². The van der Waals surface area contributed by atoms with E-state index in [2.05, 4.69) is 33.9 Å². The number of aryl methyl sites for hydroxylation is 1. The predicted molar refractivity (Wildman–Crippen MR) is 72.4 cm³/mol. The molecule has 2 N–H and O–H groups in total. The van der Waals surface area contributed by atoms with Gasteiger partial charge >= 0.3 is 0 Å². The Morgan fingerprint density at radius 3 is 2.29 bits per heavy atom. The number of nitrogen functional groups attached to an aromatic ring is 1. The van der Waals surface area contributed by atoms with Crippen LogP contribution in [-0.4, -0.2) is 49.1 Å². The van der Waals surface area contributed by atoms with Crippen molar-refractivity contribution >= 4 is 11.6 Å². The molecule has 0 aliphatic rings. The highest BCUT2D eigenvalue weighted by Gasteiger charge is 2.10. The van der Waals surface area contributed by atoms with Crippen LogP contribution in [0.3, 0.4) is 0 Å². The number of hydrogen-bond donors (Lipinski definition) is 1. The van der Waals surface area contributed by atoms with Crippen LogP contribution in [0.25, 0.3) is 0 Å². The summed E-state index contributed by atoms with van der Waals surface area (Å²) < 4.78 is 0. The molecule has 0 spiro atoms. The van der Waals surface area contributed by atoms with Crippen LogP contribution in [0.15, 0.2) is 0 Å². The molecule has 1 heterocycles. The van der Waals surface area contributed by atoms with Crippen molar-refractivity contribution in [3.63, 3.8) is 0 Å². The molecule has 1 rings (SSSR count). The van der Waals surface area contributed by atoms with Crippen LogP contribution in [0, 0.1) is 13.8 Å². The Kier molecular flexibility index (Phi) is 4.69. The Bertz CT molecular complexity index is 375. The lowest BCUT2D eigenvalue weighted by Gasteiger charge is -2.22. The summed E-state index contributed by atoms with van der Waals surface area (Å²) in [5.41, 5.74) is 6.81. The molecule has 1 aromatic rings. The largest absolute Gasteiger partial charge is 0.383 e. The number of hydrogen-bond acceptors (Lipinski definition) is 5. The van der Waals surface area contributed by atoms with E-state index < -0.39 is 0 Å². The maximum atomic E-state index is 5.85. The number of aromatic nitrogens is 2. The van der Waals surface area contributed by atoms with Crippen LogP contribution in [0.1, 0.15) is 17.8 Å². The molecule has 5 nitrogen and oxygen atoms in total. The third-order valence-electron chi connectivity index (χ3n) is 2.73. The highest BCUT2D eigenvalue weighted by Crippen LogP contribution is 2.20. The van der Waals surface area contributed by atoms with Crippen LogP contribution < -0.4 is 10.6 Å². The molecular weight excluding hydrogens is 214 g/mol. The van der Waals surface area contributed by atoms with Crippen LogP contribution in [0.2, 0.25) is 0 Å². The summed E-state index contributed by atoms with van der Waals surface area (Å²) in [5, 5.41) is 0. The van der Waals surface area contributed by atoms with Crippen LogP contribution in [0.5, 0.6) is 0 Å². The van der Waals surface area contributed by atoms with Gasteiger partial charge in [0.05, 0.1) is 0 Å². The third kappa shape index (κ3) is 3.85. The molecule has 0 fully saturated rings. The summed E-state index contributed by atoms with van der Waals surface area (Å²) in [7, 11) is 6.21. The van der Waals surface area contributed by atoms with Gasteiger partial charge in [-0.3, -0.25) is 0 Å². The fourth-order valence-corrected chi connectivity index (χ4v) is 1.74. The number of nitrogens with zero attached hydrogens (tertiary/aromatic N) is 4. The summed E-state index contributed by atoms with van der Waals surface area (Å²) in [5.74, 6) is 2.24. The molecule has 0 radical (unpaired) electrons. The summed E-state index contributed by atoms with van der Waals surface area (Å²) >= 11 is 0. The fraction of sp³-hybridized carbons (Fsp3) is 0.667. The van der Waals surface area contributed by atoms with Gasteiger partial charge in [0, 0.05) is 19.2 Å². The minimum atomic E-state index is 0.576. The predicted octanol–water partition coefficient (Wildman–Crippen LogP) is 1.06. The molecule has 5 heteroatoms. The van der Waals surface area contributed by atoms with E-state index in [9.17, 15) is 0 Å². The molecule has 0 aliphatic carbocycles. The molecule has 0 aliphatic heterocycles. The van der Waals surface area contributed by atoms with Gasteiger partial charge in [-0.25, -0.2) is 9.97 Å². The smallest absolute Gasteiger partial charge is 0.137 e. The van der Waals surface area contributed by atoms with Gasteiger partial charge in [-0.05, 0) is 40.9 Å².